The fourth-order valence-electron chi connectivity index (χ4n) is 3.25. The SMILES string of the molecule is Cc1nn([C@H](C)CC(=O)N[C@@H](c2ccc(F)cc2)c2nccn2C)c(C)c1Cl. The molecule has 8 heteroatoms. The predicted molar refractivity (Wildman–Crippen MR) is 106 cm³/mol. The summed E-state index contributed by atoms with van der Waals surface area (Å²) in [6.45, 7) is 5.64. The molecular formula is C20H23ClFN5O. The van der Waals surface area contributed by atoms with Crippen molar-refractivity contribution in [1.29, 1.82) is 0 Å². The second-order valence-corrected chi connectivity index (χ2v) is 7.31. The van der Waals surface area contributed by atoms with Gasteiger partial charge in [0.15, 0.2) is 0 Å². The van der Waals surface area contributed by atoms with Gasteiger partial charge in [-0.15, -0.1) is 0 Å². The average molecular weight is 404 g/mol. The van der Waals surface area contributed by atoms with Crippen molar-refractivity contribution in [3.05, 3.63) is 70.3 Å². The van der Waals surface area contributed by atoms with Crippen molar-refractivity contribution in [3.63, 3.8) is 0 Å². The first kappa shape index (κ1) is 20.1. The van der Waals surface area contributed by atoms with E-state index in [-0.39, 0.29) is 24.2 Å². The Balaban J connectivity index is 1.80. The summed E-state index contributed by atoms with van der Waals surface area (Å²) in [4.78, 5) is 17.1. The molecule has 0 saturated heterocycles. The molecule has 0 unspecified atom stereocenters. The maximum absolute atomic E-state index is 13.3. The number of nitrogens with zero attached hydrogens (tertiary/aromatic N) is 4. The second-order valence-electron chi connectivity index (χ2n) is 6.93. The molecule has 3 aromatic rings. The van der Waals surface area contributed by atoms with E-state index < -0.39 is 6.04 Å². The molecule has 0 bridgehead atoms. The summed E-state index contributed by atoms with van der Waals surface area (Å²) >= 11 is 6.22. The molecule has 2 heterocycles. The quantitative estimate of drug-likeness (QED) is 0.679. The van der Waals surface area contributed by atoms with Gasteiger partial charge in [0.25, 0.3) is 0 Å². The van der Waals surface area contributed by atoms with Gasteiger partial charge in [0.1, 0.15) is 17.7 Å². The number of hydrogen-bond acceptors (Lipinski definition) is 3. The van der Waals surface area contributed by atoms with Crippen LogP contribution in [-0.2, 0) is 11.8 Å². The van der Waals surface area contributed by atoms with E-state index >= 15 is 0 Å². The summed E-state index contributed by atoms with van der Waals surface area (Å²) in [5, 5.41) is 8.05. The number of amides is 1. The zero-order chi connectivity index (χ0) is 20.4. The number of rotatable bonds is 6. The lowest BCUT2D eigenvalue weighted by atomic mass is 10.1. The summed E-state index contributed by atoms with van der Waals surface area (Å²) in [6.07, 6.45) is 3.69. The van der Waals surface area contributed by atoms with Crippen molar-refractivity contribution in [2.75, 3.05) is 0 Å². The maximum Gasteiger partial charge on any atom is 0.222 e. The smallest absolute Gasteiger partial charge is 0.222 e. The van der Waals surface area contributed by atoms with Crippen LogP contribution in [0, 0.1) is 19.7 Å². The number of halogens is 2. The molecule has 0 radical (unpaired) electrons. The molecule has 0 fully saturated rings. The van der Waals surface area contributed by atoms with Gasteiger partial charge >= 0.3 is 0 Å². The third kappa shape index (κ3) is 4.09. The average Bonchev–Trinajstić information content (AvgIpc) is 3.19. The Morgan fingerprint density at radius 3 is 2.50 bits per heavy atom. The molecule has 148 valence electrons. The Kier molecular flexibility index (Phi) is 5.84. The first-order valence-corrected chi connectivity index (χ1v) is 9.39. The summed E-state index contributed by atoms with van der Waals surface area (Å²) < 4.78 is 16.9. The van der Waals surface area contributed by atoms with E-state index in [2.05, 4.69) is 15.4 Å². The van der Waals surface area contributed by atoms with Crippen LogP contribution in [0.4, 0.5) is 4.39 Å². The molecule has 2 atom stereocenters. The van der Waals surface area contributed by atoms with E-state index in [0.29, 0.717) is 10.8 Å². The predicted octanol–water partition coefficient (Wildman–Crippen LogP) is 3.88. The number of carbonyl (C=O) groups excluding carboxylic acids is 1. The van der Waals surface area contributed by atoms with Crippen molar-refractivity contribution in [2.45, 2.75) is 39.3 Å². The monoisotopic (exact) mass is 403 g/mol. The second kappa shape index (κ2) is 8.14. The first-order chi connectivity index (χ1) is 13.3. The van der Waals surface area contributed by atoms with Crippen LogP contribution >= 0.6 is 11.6 Å². The Labute approximate surface area is 168 Å². The molecule has 0 spiro atoms. The van der Waals surface area contributed by atoms with Gasteiger partial charge in [0.05, 0.1) is 22.5 Å². The number of nitrogens with one attached hydrogen (secondary N) is 1. The van der Waals surface area contributed by atoms with E-state index in [1.54, 1.807) is 29.2 Å². The molecule has 0 aliphatic carbocycles. The van der Waals surface area contributed by atoms with Crippen molar-refractivity contribution < 1.29 is 9.18 Å². The largest absolute Gasteiger partial charge is 0.342 e. The number of hydrogen-bond donors (Lipinski definition) is 1. The van der Waals surface area contributed by atoms with Gasteiger partial charge in [-0.1, -0.05) is 23.7 Å². The number of benzene rings is 1. The van der Waals surface area contributed by atoms with E-state index in [1.807, 2.05) is 32.4 Å². The highest BCUT2D eigenvalue weighted by Crippen LogP contribution is 2.25. The molecular weight excluding hydrogens is 381 g/mol. The molecule has 0 aliphatic heterocycles. The Morgan fingerprint density at radius 2 is 1.96 bits per heavy atom. The standard InChI is InChI=1S/C20H23ClFN5O/c1-12(27-14(3)18(21)13(2)25-27)11-17(28)24-19(20-23-9-10-26(20)4)15-5-7-16(22)8-6-15/h5-10,12,19H,11H2,1-4H3,(H,24,28)/t12-,19+/m1/s1. The molecule has 2 aromatic heterocycles. The van der Waals surface area contributed by atoms with E-state index in [0.717, 1.165) is 17.0 Å². The van der Waals surface area contributed by atoms with Gasteiger partial charge in [-0.2, -0.15) is 5.10 Å². The van der Waals surface area contributed by atoms with Crippen LogP contribution in [0.2, 0.25) is 5.02 Å². The number of carbonyl (C=O) groups is 1. The van der Waals surface area contributed by atoms with E-state index in [4.69, 9.17) is 11.6 Å². The van der Waals surface area contributed by atoms with E-state index in [9.17, 15) is 9.18 Å². The molecule has 0 aliphatic rings. The third-order valence-electron chi connectivity index (χ3n) is 4.76. The van der Waals surface area contributed by atoms with Crippen LogP contribution in [0.3, 0.4) is 0 Å². The number of aryl methyl sites for hydroxylation is 2. The summed E-state index contributed by atoms with van der Waals surface area (Å²) in [7, 11) is 1.85. The molecule has 1 aromatic carbocycles. The summed E-state index contributed by atoms with van der Waals surface area (Å²) in [6, 6.07) is 5.40. The van der Waals surface area contributed by atoms with Crippen LogP contribution in [0.1, 0.15) is 48.2 Å². The minimum absolute atomic E-state index is 0.159. The lowest BCUT2D eigenvalue weighted by molar-refractivity contribution is -0.122. The Bertz CT molecular complexity index is 979. The fourth-order valence-corrected chi connectivity index (χ4v) is 3.38. The lowest BCUT2D eigenvalue weighted by Gasteiger charge is -2.21. The molecule has 3 rings (SSSR count). The highest BCUT2D eigenvalue weighted by molar-refractivity contribution is 6.31. The maximum atomic E-state index is 13.3. The third-order valence-corrected chi connectivity index (χ3v) is 5.31. The van der Waals surface area contributed by atoms with Crippen LogP contribution in [-0.4, -0.2) is 25.2 Å². The highest BCUT2D eigenvalue weighted by Gasteiger charge is 2.23. The molecule has 28 heavy (non-hydrogen) atoms. The normalized spacial score (nSPS) is 13.4. The van der Waals surface area contributed by atoms with Gasteiger partial charge in [-0.25, -0.2) is 9.37 Å². The molecule has 6 nitrogen and oxygen atoms in total. The summed E-state index contributed by atoms with van der Waals surface area (Å²) in [5.41, 5.74) is 2.33. The van der Waals surface area contributed by atoms with Gasteiger partial charge in [-0.3, -0.25) is 9.48 Å². The zero-order valence-electron chi connectivity index (χ0n) is 16.3. The van der Waals surface area contributed by atoms with Crippen molar-refractivity contribution in [2.24, 2.45) is 7.05 Å². The van der Waals surface area contributed by atoms with Crippen molar-refractivity contribution in [3.8, 4) is 0 Å². The van der Waals surface area contributed by atoms with Crippen LogP contribution in [0.25, 0.3) is 0 Å². The molecule has 0 saturated carbocycles. The topological polar surface area (TPSA) is 64.7 Å². The van der Waals surface area contributed by atoms with Crippen molar-refractivity contribution in [1.82, 2.24) is 24.6 Å². The van der Waals surface area contributed by atoms with Crippen molar-refractivity contribution >= 4 is 17.5 Å². The number of aromatic nitrogens is 4. The van der Waals surface area contributed by atoms with Gasteiger partial charge < -0.3 is 9.88 Å². The number of imidazole rings is 1. The van der Waals surface area contributed by atoms with Gasteiger partial charge in [0, 0.05) is 25.9 Å². The summed E-state index contributed by atoms with van der Waals surface area (Å²) in [5.74, 6) is 0.180. The fraction of sp³-hybridized carbons (Fsp3) is 0.350. The van der Waals surface area contributed by atoms with E-state index in [1.165, 1.54) is 12.1 Å². The first-order valence-electron chi connectivity index (χ1n) is 9.01. The van der Waals surface area contributed by atoms with Crippen LogP contribution in [0.5, 0.6) is 0 Å². The van der Waals surface area contributed by atoms with Gasteiger partial charge in [-0.05, 0) is 38.5 Å². The Hall–Kier alpha value is -2.67. The molecule has 1 amide bonds. The minimum Gasteiger partial charge on any atom is -0.342 e. The zero-order valence-corrected chi connectivity index (χ0v) is 17.0. The molecule has 1 N–H and O–H groups in total. The highest BCUT2D eigenvalue weighted by atomic mass is 35.5. The van der Waals surface area contributed by atoms with Crippen LogP contribution in [0.15, 0.2) is 36.7 Å². The van der Waals surface area contributed by atoms with Crippen LogP contribution < -0.4 is 5.32 Å². The lowest BCUT2D eigenvalue weighted by Crippen LogP contribution is -2.32. The van der Waals surface area contributed by atoms with Gasteiger partial charge in [0.2, 0.25) is 5.91 Å². The Morgan fingerprint density at radius 1 is 1.29 bits per heavy atom. The minimum atomic E-state index is -0.482.